The van der Waals surface area contributed by atoms with E-state index in [2.05, 4.69) is 33.6 Å². The molecule has 2 aromatic rings. The molecule has 0 aliphatic heterocycles. The summed E-state index contributed by atoms with van der Waals surface area (Å²) >= 11 is 1.69. The van der Waals surface area contributed by atoms with Crippen molar-refractivity contribution >= 4 is 44.1 Å². The van der Waals surface area contributed by atoms with Gasteiger partial charge in [0.1, 0.15) is 10.6 Å². The number of nitrogens with zero attached hydrogens (tertiary/aromatic N) is 2. The van der Waals surface area contributed by atoms with Gasteiger partial charge in [-0.15, -0.1) is 11.3 Å². The Morgan fingerprint density at radius 2 is 2.21 bits per heavy atom. The molecular weight excluding hydrogens is 280 g/mol. The Balaban J connectivity index is 2.33. The van der Waals surface area contributed by atoms with Crippen molar-refractivity contribution in [2.45, 2.75) is 13.3 Å². The Labute approximate surface area is 119 Å². The topological polar surface area (TPSA) is 66.9 Å². The van der Waals surface area contributed by atoms with Crippen molar-refractivity contribution in [1.29, 1.82) is 0 Å². The number of rotatable bonds is 6. The summed E-state index contributed by atoms with van der Waals surface area (Å²) in [6.45, 7) is 2.78. The SMILES string of the molecule is CCc1cc2c(NCCS(C)=O)nc(NC)nc2s1. The average Bonchev–Trinajstić information content (AvgIpc) is 2.81. The monoisotopic (exact) mass is 298 g/mol. The molecule has 1 unspecified atom stereocenters. The number of thiophene rings is 1. The molecule has 7 heteroatoms. The lowest BCUT2D eigenvalue weighted by atomic mass is 10.3. The number of hydrogen-bond donors (Lipinski definition) is 2. The summed E-state index contributed by atoms with van der Waals surface area (Å²) in [6.07, 6.45) is 2.70. The number of fused-ring (bicyclic) bond motifs is 1. The standard InChI is InChI=1S/C12H18N4OS2/c1-4-8-7-9-10(14-5-6-19(3)17)15-12(13-2)16-11(9)18-8/h7H,4-6H2,1-3H3,(H2,13,14,15,16). The molecule has 104 valence electrons. The molecule has 2 rings (SSSR count). The van der Waals surface area contributed by atoms with Gasteiger partial charge in [0.2, 0.25) is 5.95 Å². The van der Waals surface area contributed by atoms with Gasteiger partial charge in [-0.05, 0) is 12.5 Å². The smallest absolute Gasteiger partial charge is 0.225 e. The first kappa shape index (κ1) is 14.2. The maximum absolute atomic E-state index is 11.1. The molecule has 0 fully saturated rings. The molecule has 0 aliphatic rings. The lowest BCUT2D eigenvalue weighted by Crippen LogP contribution is -2.11. The molecule has 19 heavy (non-hydrogen) atoms. The van der Waals surface area contributed by atoms with E-state index in [0.717, 1.165) is 22.5 Å². The van der Waals surface area contributed by atoms with Crippen LogP contribution in [0, 0.1) is 0 Å². The molecule has 0 aliphatic carbocycles. The lowest BCUT2D eigenvalue weighted by Gasteiger charge is -2.07. The third-order valence-electron chi connectivity index (χ3n) is 2.70. The van der Waals surface area contributed by atoms with Crippen LogP contribution in [0.3, 0.4) is 0 Å². The van der Waals surface area contributed by atoms with Gasteiger partial charge in [-0.3, -0.25) is 4.21 Å². The van der Waals surface area contributed by atoms with Gasteiger partial charge in [-0.1, -0.05) is 6.92 Å². The van der Waals surface area contributed by atoms with Crippen LogP contribution in [0.1, 0.15) is 11.8 Å². The zero-order valence-electron chi connectivity index (χ0n) is 11.3. The van der Waals surface area contributed by atoms with Crippen LogP contribution in [0.2, 0.25) is 0 Å². The van der Waals surface area contributed by atoms with Crippen molar-refractivity contribution in [3.8, 4) is 0 Å². The fourth-order valence-corrected chi connectivity index (χ4v) is 3.06. The van der Waals surface area contributed by atoms with Gasteiger partial charge >= 0.3 is 0 Å². The molecule has 2 N–H and O–H groups in total. The first-order valence-corrected chi connectivity index (χ1v) is 8.70. The highest BCUT2D eigenvalue weighted by atomic mass is 32.2. The summed E-state index contributed by atoms with van der Waals surface area (Å²) in [5.74, 6) is 2.04. The largest absolute Gasteiger partial charge is 0.368 e. The van der Waals surface area contributed by atoms with E-state index in [1.54, 1.807) is 24.6 Å². The number of nitrogens with one attached hydrogen (secondary N) is 2. The van der Waals surface area contributed by atoms with Crippen LogP contribution in [-0.2, 0) is 17.2 Å². The second-order valence-electron chi connectivity index (χ2n) is 4.14. The first-order valence-electron chi connectivity index (χ1n) is 6.16. The van der Waals surface area contributed by atoms with Crippen molar-refractivity contribution in [2.24, 2.45) is 0 Å². The second-order valence-corrected chi connectivity index (χ2v) is 6.80. The molecule has 2 heterocycles. The van der Waals surface area contributed by atoms with E-state index in [1.165, 1.54) is 4.88 Å². The minimum atomic E-state index is -0.795. The summed E-state index contributed by atoms with van der Waals surface area (Å²) in [7, 11) is 1.01. The third kappa shape index (κ3) is 3.42. The summed E-state index contributed by atoms with van der Waals surface area (Å²) in [5.41, 5.74) is 0. The maximum Gasteiger partial charge on any atom is 0.225 e. The highest BCUT2D eigenvalue weighted by Crippen LogP contribution is 2.30. The molecular formula is C12H18N4OS2. The van der Waals surface area contributed by atoms with Gasteiger partial charge in [0.25, 0.3) is 0 Å². The number of hydrogen-bond acceptors (Lipinski definition) is 6. The highest BCUT2D eigenvalue weighted by molar-refractivity contribution is 7.84. The van der Waals surface area contributed by atoms with E-state index < -0.39 is 10.8 Å². The molecule has 0 aromatic carbocycles. The van der Waals surface area contributed by atoms with Gasteiger partial charge in [-0.25, -0.2) is 4.98 Å². The van der Waals surface area contributed by atoms with Crippen molar-refractivity contribution in [3.05, 3.63) is 10.9 Å². The van der Waals surface area contributed by atoms with E-state index in [9.17, 15) is 4.21 Å². The van der Waals surface area contributed by atoms with Gasteiger partial charge in [0.05, 0.1) is 5.39 Å². The summed E-state index contributed by atoms with van der Waals surface area (Å²) < 4.78 is 11.1. The van der Waals surface area contributed by atoms with Crippen LogP contribution < -0.4 is 10.6 Å². The predicted molar refractivity (Wildman–Crippen MR) is 83.8 cm³/mol. The minimum absolute atomic E-state index is 0.608. The van der Waals surface area contributed by atoms with E-state index >= 15 is 0 Å². The zero-order valence-corrected chi connectivity index (χ0v) is 13.0. The summed E-state index contributed by atoms with van der Waals surface area (Å²) in [5, 5.41) is 7.27. The number of anilines is 2. The van der Waals surface area contributed by atoms with Crippen molar-refractivity contribution < 1.29 is 4.21 Å². The van der Waals surface area contributed by atoms with Gasteiger partial charge in [0.15, 0.2) is 0 Å². The quantitative estimate of drug-likeness (QED) is 0.855. The van der Waals surface area contributed by atoms with E-state index in [-0.39, 0.29) is 0 Å². The maximum atomic E-state index is 11.1. The Kier molecular flexibility index (Phi) is 4.71. The van der Waals surface area contributed by atoms with Crippen LogP contribution >= 0.6 is 11.3 Å². The molecule has 0 radical (unpaired) electrons. The van der Waals surface area contributed by atoms with Crippen LogP contribution in [-0.4, -0.2) is 39.8 Å². The number of aromatic nitrogens is 2. The third-order valence-corrected chi connectivity index (χ3v) is 4.65. The molecule has 2 aromatic heterocycles. The van der Waals surface area contributed by atoms with Crippen molar-refractivity contribution in [1.82, 2.24) is 9.97 Å². The Morgan fingerprint density at radius 3 is 2.84 bits per heavy atom. The van der Waals surface area contributed by atoms with Crippen LogP contribution in [0.25, 0.3) is 10.2 Å². The Bertz CT molecular complexity index is 597. The molecule has 0 saturated heterocycles. The molecule has 0 amide bonds. The molecule has 0 saturated carbocycles. The van der Waals surface area contributed by atoms with Gasteiger partial charge in [0, 0.05) is 41.3 Å². The van der Waals surface area contributed by atoms with Gasteiger partial charge in [-0.2, -0.15) is 4.98 Å². The van der Waals surface area contributed by atoms with E-state index in [4.69, 9.17) is 0 Å². The van der Waals surface area contributed by atoms with Gasteiger partial charge < -0.3 is 10.6 Å². The zero-order chi connectivity index (χ0) is 13.8. The normalized spacial score (nSPS) is 12.6. The fourth-order valence-electron chi connectivity index (χ4n) is 1.71. The highest BCUT2D eigenvalue weighted by Gasteiger charge is 2.10. The minimum Gasteiger partial charge on any atom is -0.368 e. The molecule has 5 nitrogen and oxygen atoms in total. The average molecular weight is 298 g/mol. The summed E-state index contributed by atoms with van der Waals surface area (Å²) in [6, 6.07) is 2.13. The molecule has 0 bridgehead atoms. The fraction of sp³-hybridized carbons (Fsp3) is 0.500. The predicted octanol–water partition coefficient (Wildman–Crippen LogP) is 2.09. The first-order chi connectivity index (χ1) is 9.13. The van der Waals surface area contributed by atoms with E-state index in [1.807, 2.05) is 0 Å². The van der Waals surface area contributed by atoms with Crippen LogP contribution in [0.5, 0.6) is 0 Å². The van der Waals surface area contributed by atoms with E-state index in [0.29, 0.717) is 18.2 Å². The molecule has 1 atom stereocenters. The number of aryl methyl sites for hydroxylation is 1. The Morgan fingerprint density at radius 1 is 1.42 bits per heavy atom. The van der Waals surface area contributed by atoms with Crippen molar-refractivity contribution in [2.75, 3.05) is 36.2 Å². The summed E-state index contributed by atoms with van der Waals surface area (Å²) in [4.78, 5) is 11.2. The van der Waals surface area contributed by atoms with Crippen molar-refractivity contribution in [3.63, 3.8) is 0 Å². The molecule has 0 spiro atoms. The second kappa shape index (κ2) is 6.29. The lowest BCUT2D eigenvalue weighted by molar-refractivity contribution is 0.687. The van der Waals surface area contributed by atoms with Crippen LogP contribution in [0.4, 0.5) is 11.8 Å². The van der Waals surface area contributed by atoms with Crippen LogP contribution in [0.15, 0.2) is 6.07 Å². The Hall–Kier alpha value is -1.21.